The van der Waals surface area contributed by atoms with Crippen molar-refractivity contribution in [1.29, 1.82) is 0 Å². The van der Waals surface area contributed by atoms with Crippen molar-refractivity contribution in [2.24, 2.45) is 0 Å². The van der Waals surface area contributed by atoms with Crippen molar-refractivity contribution in [3.8, 4) is 0 Å². The van der Waals surface area contributed by atoms with Gasteiger partial charge in [0.15, 0.2) is 0 Å². The monoisotopic (exact) mass is 518 g/mol. The smallest absolute Gasteiger partial charge is 0.0718 e. The average molecular weight is 519 g/mol. The molecule has 2 aromatic carbocycles. The summed E-state index contributed by atoms with van der Waals surface area (Å²) in [7, 11) is 1.65. The molecule has 7 heteroatoms. The van der Waals surface area contributed by atoms with E-state index in [4.69, 9.17) is 28.4 Å². The van der Waals surface area contributed by atoms with Crippen LogP contribution in [0.2, 0.25) is 0 Å². The first-order valence-corrected chi connectivity index (χ1v) is 13.4. The SMILES string of the molecule is COCCOCCC(O)(CCCOCCOCc1ccccc1)CCCOCCOCc1ccccc1. The van der Waals surface area contributed by atoms with E-state index in [0.29, 0.717) is 91.9 Å². The van der Waals surface area contributed by atoms with Gasteiger partial charge in [0.2, 0.25) is 0 Å². The minimum atomic E-state index is -0.798. The Morgan fingerprint density at radius 3 is 1.43 bits per heavy atom. The van der Waals surface area contributed by atoms with Gasteiger partial charge in [-0.3, -0.25) is 0 Å². The van der Waals surface area contributed by atoms with Crippen molar-refractivity contribution in [3.05, 3.63) is 71.8 Å². The first kappa shape index (κ1) is 31.4. The zero-order valence-electron chi connectivity index (χ0n) is 22.5. The van der Waals surface area contributed by atoms with Crippen molar-refractivity contribution in [3.63, 3.8) is 0 Å². The van der Waals surface area contributed by atoms with Gasteiger partial charge < -0.3 is 33.5 Å². The van der Waals surface area contributed by atoms with E-state index in [1.807, 2.05) is 60.7 Å². The van der Waals surface area contributed by atoms with Gasteiger partial charge in [0, 0.05) is 26.9 Å². The minimum Gasteiger partial charge on any atom is -0.390 e. The molecule has 1 N–H and O–H groups in total. The summed E-state index contributed by atoms with van der Waals surface area (Å²) in [5, 5.41) is 11.2. The third-order valence-electron chi connectivity index (χ3n) is 5.97. The molecule has 0 aliphatic heterocycles. The maximum atomic E-state index is 11.2. The molecule has 0 radical (unpaired) electrons. The van der Waals surface area contributed by atoms with Crippen molar-refractivity contribution in [1.82, 2.24) is 0 Å². The van der Waals surface area contributed by atoms with Gasteiger partial charge in [0.25, 0.3) is 0 Å². The molecule has 0 saturated heterocycles. The second-order valence-corrected chi connectivity index (χ2v) is 9.09. The zero-order valence-corrected chi connectivity index (χ0v) is 22.5. The molecule has 0 aliphatic carbocycles. The van der Waals surface area contributed by atoms with Crippen LogP contribution in [0.4, 0.5) is 0 Å². The van der Waals surface area contributed by atoms with Gasteiger partial charge in [-0.25, -0.2) is 0 Å². The van der Waals surface area contributed by atoms with Crippen LogP contribution >= 0.6 is 0 Å². The van der Waals surface area contributed by atoms with E-state index in [2.05, 4.69) is 0 Å². The minimum absolute atomic E-state index is 0.502. The molecule has 7 nitrogen and oxygen atoms in total. The molecule has 0 aromatic heterocycles. The van der Waals surface area contributed by atoms with Crippen LogP contribution in [0.1, 0.15) is 43.2 Å². The van der Waals surface area contributed by atoms with E-state index in [1.165, 1.54) is 0 Å². The lowest BCUT2D eigenvalue weighted by molar-refractivity contribution is -0.0345. The van der Waals surface area contributed by atoms with E-state index in [9.17, 15) is 5.11 Å². The molecular weight excluding hydrogens is 472 g/mol. The fourth-order valence-corrected chi connectivity index (χ4v) is 3.86. The van der Waals surface area contributed by atoms with E-state index < -0.39 is 5.60 Å². The summed E-state index contributed by atoms with van der Waals surface area (Å²) in [5.74, 6) is 0. The Morgan fingerprint density at radius 2 is 0.946 bits per heavy atom. The van der Waals surface area contributed by atoms with Crippen LogP contribution < -0.4 is 0 Å². The van der Waals surface area contributed by atoms with Gasteiger partial charge >= 0.3 is 0 Å². The summed E-state index contributed by atoms with van der Waals surface area (Å²) in [6, 6.07) is 20.2. The highest BCUT2D eigenvalue weighted by Gasteiger charge is 2.25. The average Bonchev–Trinajstić information content (AvgIpc) is 2.93. The zero-order chi connectivity index (χ0) is 26.3. The first-order chi connectivity index (χ1) is 18.2. The number of hydrogen-bond donors (Lipinski definition) is 1. The van der Waals surface area contributed by atoms with Gasteiger partial charge in [0.05, 0.1) is 58.5 Å². The fraction of sp³-hybridized carbons (Fsp3) is 0.600. The Morgan fingerprint density at radius 1 is 0.514 bits per heavy atom. The molecule has 0 atom stereocenters. The molecule has 0 bridgehead atoms. The summed E-state index contributed by atoms with van der Waals surface area (Å²) >= 11 is 0. The van der Waals surface area contributed by atoms with E-state index in [-0.39, 0.29) is 0 Å². The van der Waals surface area contributed by atoms with E-state index in [0.717, 1.165) is 24.0 Å². The van der Waals surface area contributed by atoms with Crippen LogP contribution in [-0.2, 0) is 41.6 Å². The molecular formula is C30H46O7. The summed E-state index contributed by atoms with van der Waals surface area (Å²) in [5.41, 5.74) is 1.51. The van der Waals surface area contributed by atoms with Crippen LogP contribution in [0.25, 0.3) is 0 Å². The van der Waals surface area contributed by atoms with Crippen molar-refractivity contribution in [2.75, 3.05) is 66.6 Å². The number of ether oxygens (including phenoxy) is 6. The molecule has 0 spiro atoms. The first-order valence-electron chi connectivity index (χ1n) is 13.4. The number of benzene rings is 2. The van der Waals surface area contributed by atoms with Crippen molar-refractivity contribution in [2.45, 2.75) is 50.9 Å². The highest BCUT2D eigenvalue weighted by Crippen LogP contribution is 2.24. The molecule has 0 saturated carbocycles. The molecule has 0 aliphatic rings. The number of rotatable bonds is 24. The van der Waals surface area contributed by atoms with Crippen LogP contribution in [0.5, 0.6) is 0 Å². The van der Waals surface area contributed by atoms with Crippen LogP contribution in [-0.4, -0.2) is 77.3 Å². The Kier molecular flexibility index (Phi) is 17.9. The Balaban J connectivity index is 1.54. The Bertz CT molecular complexity index is 702. The molecule has 0 heterocycles. The predicted octanol–water partition coefficient (Wildman–Crippen LogP) is 4.80. The quantitative estimate of drug-likeness (QED) is 0.200. The van der Waals surface area contributed by atoms with E-state index >= 15 is 0 Å². The molecule has 2 rings (SSSR count). The highest BCUT2D eigenvalue weighted by atomic mass is 16.5. The molecule has 0 fully saturated rings. The Hall–Kier alpha value is -1.84. The predicted molar refractivity (Wildman–Crippen MR) is 145 cm³/mol. The van der Waals surface area contributed by atoms with Gasteiger partial charge in [-0.2, -0.15) is 0 Å². The molecule has 2 aromatic rings. The summed E-state index contributed by atoms with van der Waals surface area (Å²) < 4.78 is 33.4. The maximum Gasteiger partial charge on any atom is 0.0718 e. The third-order valence-corrected chi connectivity index (χ3v) is 5.97. The van der Waals surface area contributed by atoms with Crippen molar-refractivity contribution < 1.29 is 33.5 Å². The number of aliphatic hydroxyl groups is 1. The van der Waals surface area contributed by atoms with Crippen LogP contribution in [0.15, 0.2) is 60.7 Å². The van der Waals surface area contributed by atoms with Gasteiger partial charge in [-0.1, -0.05) is 60.7 Å². The summed E-state index contributed by atoms with van der Waals surface area (Å²) in [4.78, 5) is 0. The molecule has 37 heavy (non-hydrogen) atoms. The third kappa shape index (κ3) is 16.6. The van der Waals surface area contributed by atoms with Gasteiger partial charge in [-0.15, -0.1) is 0 Å². The van der Waals surface area contributed by atoms with E-state index in [1.54, 1.807) is 7.11 Å². The van der Waals surface area contributed by atoms with Crippen LogP contribution in [0, 0.1) is 0 Å². The normalized spacial score (nSPS) is 11.7. The van der Waals surface area contributed by atoms with Gasteiger partial charge in [-0.05, 0) is 43.2 Å². The maximum absolute atomic E-state index is 11.2. The topological polar surface area (TPSA) is 75.6 Å². The lowest BCUT2D eigenvalue weighted by Crippen LogP contribution is -2.31. The Labute approximate surface area is 223 Å². The summed E-state index contributed by atoms with van der Waals surface area (Å²) in [6.45, 7) is 6.16. The molecule has 0 amide bonds. The lowest BCUT2D eigenvalue weighted by Gasteiger charge is -2.28. The lowest BCUT2D eigenvalue weighted by atomic mass is 9.89. The number of hydrogen-bond acceptors (Lipinski definition) is 7. The molecule has 208 valence electrons. The van der Waals surface area contributed by atoms with Crippen LogP contribution in [0.3, 0.4) is 0 Å². The second-order valence-electron chi connectivity index (χ2n) is 9.09. The molecule has 0 unspecified atom stereocenters. The highest BCUT2D eigenvalue weighted by molar-refractivity contribution is 5.14. The standard InChI is InChI=1S/C30H46O7/c1-32-20-21-35-19-16-30(31,14-8-17-33-22-24-36-26-28-10-4-2-5-11-28)15-9-18-34-23-25-37-27-29-12-6-3-7-13-29/h2-7,10-13,31H,8-9,14-27H2,1H3. The van der Waals surface area contributed by atoms with Gasteiger partial charge in [0.1, 0.15) is 0 Å². The fourth-order valence-electron chi connectivity index (χ4n) is 3.86. The largest absolute Gasteiger partial charge is 0.390 e. The number of methoxy groups -OCH3 is 1. The second kappa shape index (κ2) is 21.1. The summed E-state index contributed by atoms with van der Waals surface area (Å²) in [6.07, 6.45) is 3.46. The van der Waals surface area contributed by atoms with Crippen molar-refractivity contribution >= 4 is 0 Å².